The molecule has 0 N–H and O–H groups in total. The molecule has 23 heavy (non-hydrogen) atoms. The summed E-state index contributed by atoms with van der Waals surface area (Å²) in [4.78, 5) is 0. The molecule has 0 nitrogen and oxygen atoms in total. The molecule has 2 aromatic rings. The first-order valence-corrected chi connectivity index (χ1v) is 6.16. The minimum Gasteiger partial charge on any atom is -0.207 e. The second-order valence-electron chi connectivity index (χ2n) is 4.74. The predicted molar refractivity (Wildman–Crippen MR) is 65.7 cm³/mol. The molecule has 0 aromatic heterocycles. The first-order valence-electron chi connectivity index (χ1n) is 6.16. The fourth-order valence-corrected chi connectivity index (χ4v) is 2.44. The summed E-state index contributed by atoms with van der Waals surface area (Å²) in [6.07, 6.45) is -11.9. The molecule has 0 radical (unpaired) electrons. The van der Waals surface area contributed by atoms with Crippen molar-refractivity contribution >= 4 is 0 Å². The lowest BCUT2D eigenvalue weighted by molar-refractivity contribution is -0.289. The average Bonchev–Trinajstić information content (AvgIpc) is 2.38. The zero-order valence-electron chi connectivity index (χ0n) is 11.1. The quantitative estimate of drug-likeness (QED) is 0.644. The molecule has 0 aliphatic heterocycles. The van der Waals surface area contributed by atoms with Crippen molar-refractivity contribution in [3.63, 3.8) is 0 Å². The molecule has 0 saturated heterocycles. The van der Waals surface area contributed by atoms with Gasteiger partial charge in [0.05, 0.1) is 0 Å². The van der Waals surface area contributed by atoms with E-state index >= 15 is 0 Å². The lowest BCUT2D eigenvalue weighted by atomic mass is 9.72. The first kappa shape index (κ1) is 17.2. The Morgan fingerprint density at radius 2 is 1.22 bits per heavy atom. The lowest BCUT2D eigenvalue weighted by Crippen LogP contribution is -2.55. The Labute approximate surface area is 125 Å². The molecule has 0 atom stereocenters. The molecule has 0 saturated carbocycles. The van der Waals surface area contributed by atoms with Gasteiger partial charge in [-0.25, -0.2) is 8.78 Å². The van der Waals surface area contributed by atoms with Crippen LogP contribution in [0.1, 0.15) is 11.1 Å². The largest absolute Gasteiger partial charge is 0.411 e. The van der Waals surface area contributed by atoms with E-state index in [2.05, 4.69) is 0 Å². The van der Waals surface area contributed by atoms with Crippen molar-refractivity contribution in [3.8, 4) is 0 Å². The highest BCUT2D eigenvalue weighted by atomic mass is 19.4. The van der Waals surface area contributed by atoms with Crippen molar-refractivity contribution in [1.29, 1.82) is 0 Å². The third-order valence-corrected chi connectivity index (χ3v) is 3.39. The van der Waals surface area contributed by atoms with E-state index in [-0.39, 0.29) is 6.07 Å². The van der Waals surface area contributed by atoms with Crippen LogP contribution in [0.2, 0.25) is 0 Å². The molecule has 0 amide bonds. The van der Waals surface area contributed by atoms with Gasteiger partial charge in [-0.2, -0.15) is 26.3 Å². The molecule has 0 spiro atoms. The van der Waals surface area contributed by atoms with Crippen LogP contribution in [-0.2, 0) is 5.41 Å². The van der Waals surface area contributed by atoms with Gasteiger partial charge in [0, 0.05) is 5.56 Å². The maximum Gasteiger partial charge on any atom is 0.411 e. The summed E-state index contributed by atoms with van der Waals surface area (Å²) in [5, 5.41) is 0. The highest BCUT2D eigenvalue weighted by molar-refractivity contribution is 5.44. The van der Waals surface area contributed by atoms with E-state index in [1.54, 1.807) is 0 Å². The molecule has 0 bridgehead atoms. The highest BCUT2D eigenvalue weighted by Crippen LogP contribution is 2.56. The van der Waals surface area contributed by atoms with Gasteiger partial charge in [0.15, 0.2) is 0 Å². The summed E-state index contributed by atoms with van der Waals surface area (Å²) in [5.41, 5.74) is -7.75. The SMILES string of the molecule is Fc1cccc(C(c2ccccc2F)(C(F)(F)F)C(F)(F)F)c1. The van der Waals surface area contributed by atoms with Gasteiger partial charge in [-0.05, 0) is 23.8 Å². The Bertz CT molecular complexity index is 685. The van der Waals surface area contributed by atoms with Crippen molar-refractivity contribution in [2.24, 2.45) is 0 Å². The highest BCUT2D eigenvalue weighted by Gasteiger charge is 2.73. The molecule has 0 fully saturated rings. The Hall–Kier alpha value is -2.12. The fraction of sp³-hybridized carbons (Fsp3) is 0.200. The van der Waals surface area contributed by atoms with Gasteiger partial charge in [0.2, 0.25) is 5.41 Å². The molecule has 0 heterocycles. The Morgan fingerprint density at radius 3 is 1.70 bits per heavy atom. The minimum absolute atomic E-state index is 0.105. The summed E-state index contributed by atoms with van der Waals surface area (Å²) in [7, 11) is 0. The molecule has 2 aromatic carbocycles. The number of alkyl halides is 6. The summed E-state index contributed by atoms with van der Waals surface area (Å²) in [6, 6.07) is 4.66. The molecule has 8 heteroatoms. The van der Waals surface area contributed by atoms with Crippen LogP contribution < -0.4 is 0 Å². The number of rotatable bonds is 2. The maximum absolute atomic E-state index is 13.8. The third-order valence-electron chi connectivity index (χ3n) is 3.39. The Kier molecular flexibility index (Phi) is 4.13. The van der Waals surface area contributed by atoms with Crippen LogP contribution in [0.25, 0.3) is 0 Å². The summed E-state index contributed by atoms with van der Waals surface area (Å²) in [5.74, 6) is -2.98. The molecule has 0 aliphatic carbocycles. The fourth-order valence-electron chi connectivity index (χ4n) is 2.44. The van der Waals surface area contributed by atoms with Gasteiger partial charge in [-0.15, -0.1) is 0 Å². The maximum atomic E-state index is 13.8. The number of hydrogen-bond donors (Lipinski definition) is 0. The first-order chi connectivity index (χ1) is 10.5. The number of hydrogen-bond acceptors (Lipinski definition) is 0. The minimum atomic E-state index is -5.94. The van der Waals surface area contributed by atoms with Gasteiger partial charge in [0.1, 0.15) is 11.6 Å². The topological polar surface area (TPSA) is 0 Å². The van der Waals surface area contributed by atoms with Gasteiger partial charge in [-0.1, -0.05) is 30.3 Å². The van der Waals surface area contributed by atoms with Gasteiger partial charge >= 0.3 is 12.4 Å². The van der Waals surface area contributed by atoms with E-state index in [0.29, 0.717) is 30.3 Å². The molecule has 124 valence electrons. The van der Waals surface area contributed by atoms with Crippen molar-refractivity contribution in [1.82, 2.24) is 0 Å². The van der Waals surface area contributed by atoms with Crippen LogP contribution in [0.15, 0.2) is 48.5 Å². The molecular formula is C15H8F8. The second-order valence-corrected chi connectivity index (χ2v) is 4.74. The van der Waals surface area contributed by atoms with Crippen LogP contribution in [0.4, 0.5) is 35.1 Å². The predicted octanol–water partition coefficient (Wildman–Crippen LogP) is 5.38. The second kappa shape index (κ2) is 5.50. The molecule has 2 rings (SSSR count). The van der Waals surface area contributed by atoms with Crippen LogP contribution in [0, 0.1) is 11.6 Å². The monoisotopic (exact) mass is 340 g/mol. The summed E-state index contributed by atoms with van der Waals surface area (Å²) in [6.45, 7) is 0. The Balaban J connectivity index is 2.97. The Morgan fingerprint density at radius 1 is 0.652 bits per heavy atom. The molecule has 0 unspecified atom stereocenters. The van der Waals surface area contributed by atoms with E-state index < -0.39 is 40.5 Å². The zero-order chi connectivity index (χ0) is 17.5. The summed E-state index contributed by atoms with van der Waals surface area (Å²) < 4.78 is 108. The van der Waals surface area contributed by atoms with Crippen molar-refractivity contribution in [2.75, 3.05) is 0 Å². The van der Waals surface area contributed by atoms with E-state index in [1.807, 2.05) is 0 Å². The van der Waals surface area contributed by atoms with Crippen LogP contribution in [-0.4, -0.2) is 12.4 Å². The normalized spacial score (nSPS) is 13.2. The lowest BCUT2D eigenvalue weighted by Gasteiger charge is -2.38. The van der Waals surface area contributed by atoms with Gasteiger partial charge in [0.25, 0.3) is 0 Å². The van der Waals surface area contributed by atoms with Crippen molar-refractivity contribution in [3.05, 3.63) is 71.3 Å². The van der Waals surface area contributed by atoms with E-state index in [4.69, 9.17) is 0 Å². The van der Waals surface area contributed by atoms with E-state index in [0.717, 1.165) is 12.1 Å². The van der Waals surface area contributed by atoms with Crippen molar-refractivity contribution < 1.29 is 35.1 Å². The van der Waals surface area contributed by atoms with E-state index in [9.17, 15) is 35.1 Å². The zero-order valence-corrected chi connectivity index (χ0v) is 11.1. The van der Waals surface area contributed by atoms with Crippen LogP contribution in [0.5, 0.6) is 0 Å². The standard InChI is InChI=1S/C15H8F8/c16-10-5-3-4-9(8-10)13(14(18,19)20,15(21,22)23)11-6-1-2-7-12(11)17/h1-8H. The molecule has 0 aliphatic rings. The third kappa shape index (κ3) is 2.66. The summed E-state index contributed by atoms with van der Waals surface area (Å²) >= 11 is 0. The molecular weight excluding hydrogens is 332 g/mol. The van der Waals surface area contributed by atoms with Gasteiger partial charge < -0.3 is 0 Å². The van der Waals surface area contributed by atoms with Crippen LogP contribution in [0.3, 0.4) is 0 Å². The van der Waals surface area contributed by atoms with Crippen molar-refractivity contribution in [2.45, 2.75) is 17.8 Å². The average molecular weight is 340 g/mol. The smallest absolute Gasteiger partial charge is 0.207 e. The van der Waals surface area contributed by atoms with E-state index in [1.165, 1.54) is 0 Å². The van der Waals surface area contributed by atoms with Crippen LogP contribution >= 0.6 is 0 Å². The van der Waals surface area contributed by atoms with Gasteiger partial charge in [-0.3, -0.25) is 0 Å². The number of benzene rings is 2. The number of halogens is 8.